The Balaban J connectivity index is 1.95. The van der Waals surface area contributed by atoms with Gasteiger partial charge in [0.2, 0.25) is 5.91 Å². The highest BCUT2D eigenvalue weighted by atomic mass is 16.5. The van der Waals surface area contributed by atoms with Gasteiger partial charge >= 0.3 is 0 Å². The largest absolute Gasteiger partial charge is 0.496 e. The van der Waals surface area contributed by atoms with Gasteiger partial charge < -0.3 is 14.6 Å². The van der Waals surface area contributed by atoms with Crippen molar-refractivity contribution in [3.8, 4) is 17.0 Å². The lowest BCUT2D eigenvalue weighted by molar-refractivity contribution is -0.121. The smallest absolute Gasteiger partial charge is 0.277 e. The Kier molecular flexibility index (Phi) is 7.15. The highest BCUT2D eigenvalue weighted by molar-refractivity contribution is 5.76. The number of carbonyl (C=O) groups excluding carboxylic acids is 1. The van der Waals surface area contributed by atoms with Gasteiger partial charge in [0, 0.05) is 42.4 Å². The second-order valence-electron chi connectivity index (χ2n) is 8.15. The van der Waals surface area contributed by atoms with E-state index in [-0.39, 0.29) is 17.9 Å². The van der Waals surface area contributed by atoms with E-state index in [0.717, 1.165) is 23.3 Å². The summed E-state index contributed by atoms with van der Waals surface area (Å²) in [4.78, 5) is 25.5. The summed E-state index contributed by atoms with van der Waals surface area (Å²) < 4.78 is 8.98. The first-order valence-corrected chi connectivity index (χ1v) is 10.9. The Morgan fingerprint density at radius 2 is 2.00 bits per heavy atom. The molecule has 0 aliphatic rings. The standard InChI is InChI=1S/C24H32N4O3/c1-6-27-17(4)18(11-12-22(29)25-14-13-16(2)3)24(30)28-23(27)15-20(26-28)19-9-7-8-10-21(19)31-5/h7-10,15-16H,6,11-14H2,1-5H3,(H,25,29). The lowest BCUT2D eigenvalue weighted by Crippen LogP contribution is -2.29. The molecule has 2 aromatic heterocycles. The van der Waals surface area contributed by atoms with Crippen LogP contribution >= 0.6 is 0 Å². The molecule has 7 heteroatoms. The summed E-state index contributed by atoms with van der Waals surface area (Å²) in [6.45, 7) is 9.58. The first-order chi connectivity index (χ1) is 14.9. The molecule has 0 fully saturated rings. The number of aryl methyl sites for hydroxylation is 1. The fourth-order valence-electron chi connectivity index (χ4n) is 3.83. The van der Waals surface area contributed by atoms with E-state index in [1.807, 2.05) is 44.2 Å². The van der Waals surface area contributed by atoms with Gasteiger partial charge in [-0.25, -0.2) is 0 Å². The van der Waals surface area contributed by atoms with Crippen LogP contribution in [0.2, 0.25) is 0 Å². The van der Waals surface area contributed by atoms with E-state index >= 15 is 0 Å². The molecule has 0 saturated heterocycles. The lowest BCUT2D eigenvalue weighted by Gasteiger charge is -2.14. The van der Waals surface area contributed by atoms with Crippen LogP contribution in [0.5, 0.6) is 5.75 Å². The van der Waals surface area contributed by atoms with Crippen molar-refractivity contribution in [1.29, 1.82) is 0 Å². The number of ether oxygens (including phenoxy) is 1. The van der Waals surface area contributed by atoms with Crippen LogP contribution in [0.1, 0.15) is 44.9 Å². The molecule has 1 aromatic carbocycles. The summed E-state index contributed by atoms with van der Waals surface area (Å²) >= 11 is 0. The number of fused-ring (bicyclic) bond motifs is 1. The molecule has 1 amide bonds. The maximum atomic E-state index is 13.3. The molecule has 2 heterocycles. The quantitative estimate of drug-likeness (QED) is 0.569. The van der Waals surface area contributed by atoms with Gasteiger partial charge in [-0.15, -0.1) is 0 Å². The molecular weight excluding hydrogens is 392 g/mol. The molecular formula is C24H32N4O3. The first kappa shape index (κ1) is 22.6. The van der Waals surface area contributed by atoms with Gasteiger partial charge in [0.25, 0.3) is 5.56 Å². The van der Waals surface area contributed by atoms with Crippen LogP contribution < -0.4 is 15.6 Å². The van der Waals surface area contributed by atoms with E-state index in [9.17, 15) is 9.59 Å². The van der Waals surface area contributed by atoms with Gasteiger partial charge in [-0.2, -0.15) is 9.61 Å². The zero-order chi connectivity index (χ0) is 22.5. The second-order valence-corrected chi connectivity index (χ2v) is 8.15. The minimum Gasteiger partial charge on any atom is -0.496 e. The van der Waals surface area contributed by atoms with Gasteiger partial charge in [0.15, 0.2) is 0 Å². The normalized spacial score (nSPS) is 11.3. The van der Waals surface area contributed by atoms with Crippen molar-refractivity contribution in [3.05, 3.63) is 51.9 Å². The summed E-state index contributed by atoms with van der Waals surface area (Å²) in [6.07, 6.45) is 1.61. The zero-order valence-corrected chi connectivity index (χ0v) is 19.1. The third kappa shape index (κ3) is 4.81. The number of para-hydroxylation sites is 1. The number of rotatable bonds is 9. The van der Waals surface area contributed by atoms with Crippen LogP contribution in [0.25, 0.3) is 16.9 Å². The van der Waals surface area contributed by atoms with Crippen LogP contribution in [-0.2, 0) is 17.8 Å². The van der Waals surface area contributed by atoms with Crippen molar-refractivity contribution < 1.29 is 9.53 Å². The summed E-state index contributed by atoms with van der Waals surface area (Å²) in [7, 11) is 1.62. The first-order valence-electron chi connectivity index (χ1n) is 10.9. The van der Waals surface area contributed by atoms with Crippen LogP contribution in [0.4, 0.5) is 0 Å². The number of aromatic nitrogens is 3. The number of hydrogen-bond donors (Lipinski definition) is 1. The van der Waals surface area contributed by atoms with E-state index < -0.39 is 0 Å². The van der Waals surface area contributed by atoms with Crippen molar-refractivity contribution in [2.75, 3.05) is 13.7 Å². The molecule has 1 N–H and O–H groups in total. The molecule has 0 saturated carbocycles. The van der Waals surface area contributed by atoms with Gasteiger partial charge in [0.05, 0.1) is 12.8 Å². The van der Waals surface area contributed by atoms with Gasteiger partial charge in [0.1, 0.15) is 11.4 Å². The number of nitrogens with one attached hydrogen (secondary N) is 1. The van der Waals surface area contributed by atoms with E-state index in [0.29, 0.717) is 42.4 Å². The Morgan fingerprint density at radius 1 is 1.26 bits per heavy atom. The Hall–Kier alpha value is -3.09. The van der Waals surface area contributed by atoms with Crippen LogP contribution in [0.15, 0.2) is 35.1 Å². The number of benzene rings is 1. The lowest BCUT2D eigenvalue weighted by atomic mass is 10.1. The van der Waals surface area contributed by atoms with Crippen LogP contribution in [0, 0.1) is 12.8 Å². The third-order valence-electron chi connectivity index (χ3n) is 5.60. The van der Waals surface area contributed by atoms with E-state index in [2.05, 4.69) is 28.8 Å². The summed E-state index contributed by atoms with van der Waals surface area (Å²) in [5.41, 5.74) is 3.58. The highest BCUT2D eigenvalue weighted by Gasteiger charge is 2.18. The molecule has 0 bridgehead atoms. The zero-order valence-electron chi connectivity index (χ0n) is 19.1. The maximum Gasteiger partial charge on any atom is 0.277 e. The number of methoxy groups -OCH3 is 1. The van der Waals surface area contributed by atoms with Crippen LogP contribution in [-0.4, -0.2) is 33.7 Å². The van der Waals surface area contributed by atoms with Crippen molar-refractivity contribution in [2.45, 2.75) is 53.5 Å². The molecule has 0 aliphatic heterocycles. The predicted molar refractivity (Wildman–Crippen MR) is 123 cm³/mol. The highest BCUT2D eigenvalue weighted by Crippen LogP contribution is 2.29. The van der Waals surface area contributed by atoms with E-state index in [1.54, 1.807) is 7.11 Å². The molecule has 166 valence electrons. The summed E-state index contributed by atoms with van der Waals surface area (Å²) in [5, 5.41) is 7.54. The number of amides is 1. The Labute approximate surface area is 183 Å². The predicted octanol–water partition coefficient (Wildman–Crippen LogP) is 3.59. The molecule has 0 spiro atoms. The molecule has 3 rings (SSSR count). The Morgan fingerprint density at radius 3 is 2.68 bits per heavy atom. The number of carbonyl (C=O) groups is 1. The van der Waals surface area contributed by atoms with Crippen molar-refractivity contribution in [2.24, 2.45) is 5.92 Å². The van der Waals surface area contributed by atoms with E-state index in [4.69, 9.17) is 4.74 Å². The minimum atomic E-state index is -0.173. The molecule has 0 radical (unpaired) electrons. The fourth-order valence-corrected chi connectivity index (χ4v) is 3.83. The average Bonchev–Trinajstić information content (AvgIpc) is 3.19. The third-order valence-corrected chi connectivity index (χ3v) is 5.60. The average molecular weight is 425 g/mol. The fraction of sp³-hybridized carbons (Fsp3) is 0.458. The molecule has 0 unspecified atom stereocenters. The Bertz CT molecular complexity index is 1130. The van der Waals surface area contributed by atoms with Gasteiger partial charge in [-0.1, -0.05) is 26.0 Å². The van der Waals surface area contributed by atoms with E-state index in [1.165, 1.54) is 4.52 Å². The molecule has 3 aromatic rings. The monoisotopic (exact) mass is 424 g/mol. The van der Waals surface area contributed by atoms with Crippen molar-refractivity contribution >= 4 is 11.6 Å². The molecule has 31 heavy (non-hydrogen) atoms. The van der Waals surface area contributed by atoms with Gasteiger partial charge in [-0.3, -0.25) is 9.59 Å². The molecule has 7 nitrogen and oxygen atoms in total. The second kappa shape index (κ2) is 9.81. The van der Waals surface area contributed by atoms with Crippen LogP contribution in [0.3, 0.4) is 0 Å². The SMILES string of the molecule is CCn1c(C)c(CCC(=O)NCCC(C)C)c(=O)n2nc(-c3ccccc3OC)cc12. The minimum absolute atomic E-state index is 0.0298. The molecule has 0 aliphatic carbocycles. The summed E-state index contributed by atoms with van der Waals surface area (Å²) in [5.74, 6) is 1.22. The van der Waals surface area contributed by atoms with Gasteiger partial charge in [-0.05, 0) is 44.7 Å². The number of nitrogens with zero attached hydrogens (tertiary/aromatic N) is 3. The maximum absolute atomic E-state index is 13.3. The topological polar surface area (TPSA) is 77.6 Å². The molecule has 0 atom stereocenters. The van der Waals surface area contributed by atoms with Crippen molar-refractivity contribution in [1.82, 2.24) is 19.5 Å². The van der Waals surface area contributed by atoms with Crippen molar-refractivity contribution in [3.63, 3.8) is 0 Å². The number of hydrogen-bond acceptors (Lipinski definition) is 4. The summed E-state index contributed by atoms with van der Waals surface area (Å²) in [6, 6.07) is 9.54.